The summed E-state index contributed by atoms with van der Waals surface area (Å²) < 4.78 is 0. The molecule has 146 valence electrons. The topological polar surface area (TPSA) is 72.2 Å². The number of hydrogen-bond acceptors (Lipinski definition) is 3. The predicted octanol–water partition coefficient (Wildman–Crippen LogP) is 5.32. The second kappa shape index (κ2) is 8.97. The molecule has 0 aliphatic carbocycles. The van der Waals surface area contributed by atoms with Gasteiger partial charge in [-0.1, -0.05) is 72.3 Å². The van der Waals surface area contributed by atoms with Gasteiger partial charge in [-0.15, -0.1) is 0 Å². The third-order valence-electron chi connectivity index (χ3n) is 4.65. The van der Waals surface area contributed by atoms with Gasteiger partial charge in [-0.25, -0.2) is 0 Å². The fourth-order valence-corrected chi connectivity index (χ4v) is 3.01. The average Bonchev–Trinajstić information content (AvgIpc) is 2.73. The molecule has 0 saturated carbocycles. The third kappa shape index (κ3) is 5.17. The highest BCUT2D eigenvalue weighted by Crippen LogP contribution is 2.23. The molecule has 3 aromatic carbocycles. The van der Waals surface area contributed by atoms with Crippen LogP contribution in [-0.2, 0) is 4.79 Å². The summed E-state index contributed by atoms with van der Waals surface area (Å²) in [4.78, 5) is 23.7. The van der Waals surface area contributed by atoms with Crippen molar-refractivity contribution in [2.24, 2.45) is 0 Å². The second-order valence-corrected chi connectivity index (χ2v) is 6.88. The Balaban J connectivity index is 1.93. The molecule has 0 bridgehead atoms. The van der Waals surface area contributed by atoms with Gasteiger partial charge >= 0.3 is 0 Å². The number of hydrogen-bond donors (Lipinski definition) is 1. The van der Waals surface area contributed by atoms with Crippen molar-refractivity contribution in [3.05, 3.63) is 111 Å². The largest absolute Gasteiger partial charge is 0.345 e. The molecule has 1 atom stereocenters. The Morgan fingerprint density at radius 1 is 1.00 bits per heavy atom. The lowest BCUT2D eigenvalue weighted by Crippen LogP contribution is -2.27. The fraction of sp³-hybridized carbons (Fsp3) is 0.125. The quantitative estimate of drug-likeness (QED) is 0.270. The number of nitrogens with one attached hydrogen (secondary N) is 1. The maximum absolute atomic E-state index is 13.1. The number of benzene rings is 3. The Morgan fingerprint density at radius 3 is 2.34 bits per heavy atom. The van der Waals surface area contributed by atoms with Gasteiger partial charge in [0.1, 0.15) is 0 Å². The summed E-state index contributed by atoms with van der Waals surface area (Å²) in [6, 6.07) is 23.3. The number of carbonyl (C=O) groups excluding carboxylic acids is 1. The van der Waals surface area contributed by atoms with Gasteiger partial charge in [0.25, 0.3) is 11.6 Å². The highest BCUT2D eigenvalue weighted by atomic mass is 16.6. The van der Waals surface area contributed by atoms with Crippen LogP contribution in [0, 0.1) is 17.0 Å². The van der Waals surface area contributed by atoms with Crippen molar-refractivity contribution in [3.8, 4) is 0 Å². The Labute approximate surface area is 169 Å². The first-order chi connectivity index (χ1) is 13.9. The van der Waals surface area contributed by atoms with Crippen molar-refractivity contribution in [2.75, 3.05) is 0 Å². The molecule has 0 spiro atoms. The van der Waals surface area contributed by atoms with Gasteiger partial charge in [0, 0.05) is 17.7 Å². The van der Waals surface area contributed by atoms with Crippen LogP contribution in [0.25, 0.3) is 11.6 Å². The van der Waals surface area contributed by atoms with E-state index < -0.39 is 4.92 Å². The molecule has 0 fully saturated rings. The Bertz CT molecular complexity index is 1040. The maximum Gasteiger partial charge on any atom is 0.270 e. The molecule has 0 heterocycles. The van der Waals surface area contributed by atoms with Crippen LogP contribution in [0.1, 0.15) is 35.2 Å². The SMILES string of the molecule is Cc1ccc(C(C)NC(=O)/C(=C/c2cccc([N+](=O)[O-])c2)c2ccccc2)cc1. The molecule has 3 aromatic rings. The van der Waals surface area contributed by atoms with Gasteiger partial charge < -0.3 is 5.32 Å². The normalized spacial score (nSPS) is 12.3. The van der Waals surface area contributed by atoms with Crippen LogP contribution in [-0.4, -0.2) is 10.8 Å². The number of rotatable bonds is 6. The molecule has 5 nitrogen and oxygen atoms in total. The highest BCUT2D eigenvalue weighted by Gasteiger charge is 2.16. The summed E-state index contributed by atoms with van der Waals surface area (Å²) in [5, 5.41) is 14.1. The van der Waals surface area contributed by atoms with Crippen LogP contribution >= 0.6 is 0 Å². The number of nitrogens with zero attached hydrogens (tertiary/aromatic N) is 1. The zero-order valence-electron chi connectivity index (χ0n) is 16.3. The van der Waals surface area contributed by atoms with Crippen LogP contribution in [0.5, 0.6) is 0 Å². The van der Waals surface area contributed by atoms with E-state index in [4.69, 9.17) is 0 Å². The van der Waals surface area contributed by atoms with Gasteiger partial charge in [-0.3, -0.25) is 14.9 Å². The highest BCUT2D eigenvalue weighted by molar-refractivity contribution is 6.24. The summed E-state index contributed by atoms with van der Waals surface area (Å²) >= 11 is 0. The van der Waals surface area contributed by atoms with E-state index in [2.05, 4.69) is 5.32 Å². The van der Waals surface area contributed by atoms with Gasteiger partial charge in [0.15, 0.2) is 0 Å². The standard InChI is InChI=1S/C24H22N2O3/c1-17-11-13-20(14-12-17)18(2)25-24(27)23(21-8-4-3-5-9-21)16-19-7-6-10-22(15-19)26(28)29/h3-16,18H,1-2H3,(H,25,27)/b23-16+. The monoisotopic (exact) mass is 386 g/mol. The molecule has 1 unspecified atom stereocenters. The number of nitro benzene ring substituents is 1. The van der Waals surface area contributed by atoms with Crippen LogP contribution in [0.4, 0.5) is 5.69 Å². The zero-order chi connectivity index (χ0) is 20.8. The minimum atomic E-state index is -0.445. The third-order valence-corrected chi connectivity index (χ3v) is 4.65. The average molecular weight is 386 g/mol. The first-order valence-electron chi connectivity index (χ1n) is 9.33. The number of amides is 1. The number of aryl methyl sites for hydroxylation is 1. The second-order valence-electron chi connectivity index (χ2n) is 6.88. The van der Waals surface area contributed by atoms with Crippen LogP contribution in [0.15, 0.2) is 78.9 Å². The minimum Gasteiger partial charge on any atom is -0.345 e. The Morgan fingerprint density at radius 2 is 1.69 bits per heavy atom. The lowest BCUT2D eigenvalue weighted by atomic mass is 10.0. The zero-order valence-corrected chi connectivity index (χ0v) is 16.3. The lowest BCUT2D eigenvalue weighted by molar-refractivity contribution is -0.384. The van der Waals surface area contributed by atoms with E-state index in [0.717, 1.165) is 16.7 Å². The molecule has 1 amide bonds. The van der Waals surface area contributed by atoms with Gasteiger partial charge in [0.2, 0.25) is 0 Å². The molecule has 1 N–H and O–H groups in total. The predicted molar refractivity (Wildman–Crippen MR) is 115 cm³/mol. The van der Waals surface area contributed by atoms with E-state index in [9.17, 15) is 14.9 Å². The van der Waals surface area contributed by atoms with E-state index in [1.807, 2.05) is 68.4 Å². The lowest BCUT2D eigenvalue weighted by Gasteiger charge is -2.16. The summed E-state index contributed by atoms with van der Waals surface area (Å²) in [6.07, 6.45) is 1.68. The summed E-state index contributed by atoms with van der Waals surface area (Å²) in [5.74, 6) is -0.240. The van der Waals surface area contributed by atoms with Crippen LogP contribution in [0.2, 0.25) is 0 Å². The van der Waals surface area contributed by atoms with Crippen LogP contribution < -0.4 is 5.32 Å². The molecule has 3 rings (SSSR count). The number of nitro groups is 1. The first kappa shape index (κ1) is 20.0. The summed E-state index contributed by atoms with van der Waals surface area (Å²) in [7, 11) is 0. The molecule has 0 saturated heterocycles. The van der Waals surface area contributed by atoms with Crippen molar-refractivity contribution in [1.29, 1.82) is 0 Å². The molecule has 0 aliphatic heterocycles. The summed E-state index contributed by atoms with van der Waals surface area (Å²) in [5.41, 5.74) is 3.93. The molecular formula is C24H22N2O3. The number of non-ortho nitro benzene ring substituents is 1. The van der Waals surface area contributed by atoms with E-state index in [-0.39, 0.29) is 17.6 Å². The van der Waals surface area contributed by atoms with E-state index in [1.165, 1.54) is 12.1 Å². The molecule has 0 radical (unpaired) electrons. The molecular weight excluding hydrogens is 364 g/mol. The molecule has 0 aromatic heterocycles. The molecule has 5 heteroatoms. The van der Waals surface area contributed by atoms with Crippen molar-refractivity contribution in [1.82, 2.24) is 5.32 Å². The number of carbonyl (C=O) groups is 1. The van der Waals surface area contributed by atoms with Crippen molar-refractivity contribution in [2.45, 2.75) is 19.9 Å². The fourth-order valence-electron chi connectivity index (χ4n) is 3.01. The van der Waals surface area contributed by atoms with Gasteiger partial charge in [-0.2, -0.15) is 0 Å². The van der Waals surface area contributed by atoms with Crippen LogP contribution in [0.3, 0.4) is 0 Å². The Hall–Kier alpha value is -3.73. The Kier molecular flexibility index (Phi) is 6.19. The van der Waals surface area contributed by atoms with Gasteiger partial charge in [0.05, 0.1) is 11.0 Å². The van der Waals surface area contributed by atoms with Crippen molar-refractivity contribution in [3.63, 3.8) is 0 Å². The summed E-state index contributed by atoms with van der Waals surface area (Å²) in [6.45, 7) is 3.95. The minimum absolute atomic E-state index is 0.0143. The molecule has 29 heavy (non-hydrogen) atoms. The van der Waals surface area contributed by atoms with Gasteiger partial charge in [-0.05, 0) is 36.6 Å². The van der Waals surface area contributed by atoms with Crippen molar-refractivity contribution >= 4 is 23.2 Å². The maximum atomic E-state index is 13.1. The van der Waals surface area contributed by atoms with Crippen molar-refractivity contribution < 1.29 is 9.72 Å². The smallest absolute Gasteiger partial charge is 0.270 e. The molecule has 0 aliphatic rings. The van der Waals surface area contributed by atoms with E-state index in [1.54, 1.807) is 18.2 Å². The first-order valence-corrected chi connectivity index (χ1v) is 9.33. The van der Waals surface area contributed by atoms with E-state index in [0.29, 0.717) is 11.1 Å². The van der Waals surface area contributed by atoms with E-state index >= 15 is 0 Å².